The van der Waals surface area contributed by atoms with Crippen molar-refractivity contribution in [2.75, 3.05) is 18.0 Å². The average molecular weight is 397 g/mol. The molecule has 0 spiro atoms. The van der Waals surface area contributed by atoms with Crippen LogP contribution in [0.4, 0.5) is 40.8 Å². The molecule has 27 heavy (non-hydrogen) atoms. The van der Waals surface area contributed by atoms with Crippen LogP contribution in [0.5, 0.6) is 0 Å². The molecule has 9 heteroatoms. The molecule has 2 rings (SSSR count). The predicted molar refractivity (Wildman–Crippen MR) is 84.1 cm³/mol. The van der Waals surface area contributed by atoms with Crippen LogP contribution < -0.4 is 4.90 Å². The van der Waals surface area contributed by atoms with Crippen molar-refractivity contribution in [3.63, 3.8) is 0 Å². The van der Waals surface area contributed by atoms with Gasteiger partial charge < -0.3 is 4.90 Å². The molecule has 0 heterocycles. The van der Waals surface area contributed by atoms with Crippen LogP contribution in [-0.4, -0.2) is 13.1 Å². The molecule has 0 amide bonds. The highest BCUT2D eigenvalue weighted by Gasteiger charge is 2.62. The van der Waals surface area contributed by atoms with Crippen LogP contribution in [0.2, 0.25) is 0 Å². The van der Waals surface area contributed by atoms with Gasteiger partial charge in [-0.15, -0.1) is 0 Å². The summed E-state index contributed by atoms with van der Waals surface area (Å²) < 4.78 is 114. The van der Waals surface area contributed by atoms with Crippen molar-refractivity contribution in [2.24, 2.45) is 0 Å². The van der Waals surface area contributed by atoms with E-state index in [2.05, 4.69) is 0 Å². The zero-order valence-electron chi connectivity index (χ0n) is 14.3. The van der Waals surface area contributed by atoms with Gasteiger partial charge in [0.25, 0.3) is 0 Å². The first-order valence-corrected chi connectivity index (χ1v) is 7.94. The second kappa shape index (κ2) is 7.36. The summed E-state index contributed by atoms with van der Waals surface area (Å²) in [6, 6.07) is 4.51. The van der Waals surface area contributed by atoms with Crippen molar-refractivity contribution in [1.82, 2.24) is 0 Å². The van der Waals surface area contributed by atoms with Gasteiger partial charge in [0.15, 0.2) is 23.3 Å². The van der Waals surface area contributed by atoms with Gasteiger partial charge in [-0.25, -0.2) is 17.6 Å². The molecule has 0 atom stereocenters. The normalized spacial score (nSPS) is 12.4. The van der Waals surface area contributed by atoms with Gasteiger partial charge >= 0.3 is 11.8 Å². The van der Waals surface area contributed by atoms with Crippen LogP contribution in [0.15, 0.2) is 30.3 Å². The summed E-state index contributed by atoms with van der Waals surface area (Å²) in [6.45, 7) is 2.62. The minimum absolute atomic E-state index is 0.0981. The van der Waals surface area contributed by atoms with E-state index in [1.807, 2.05) is 0 Å². The van der Waals surface area contributed by atoms with Crippen molar-refractivity contribution in [3.8, 4) is 0 Å². The highest BCUT2D eigenvalue weighted by Crippen LogP contribution is 2.52. The van der Waals surface area contributed by atoms with E-state index in [9.17, 15) is 35.1 Å². The Bertz CT molecular complexity index is 787. The summed E-state index contributed by atoms with van der Waals surface area (Å²) in [6.07, 6.45) is 0. The Morgan fingerprint density at radius 2 is 1.15 bits per heavy atom. The quantitative estimate of drug-likeness (QED) is 0.429. The smallest absolute Gasteiger partial charge is 0.345 e. The fourth-order valence-electron chi connectivity index (χ4n) is 2.70. The van der Waals surface area contributed by atoms with Gasteiger partial charge in [0.2, 0.25) is 0 Å². The summed E-state index contributed by atoms with van der Waals surface area (Å²) in [5.41, 5.74) is -5.14. The summed E-state index contributed by atoms with van der Waals surface area (Å²) >= 11 is 0. The minimum atomic E-state index is -5.55. The van der Waals surface area contributed by atoms with E-state index in [1.165, 1.54) is 19.9 Å². The van der Waals surface area contributed by atoms with Gasteiger partial charge in [-0.05, 0) is 13.8 Å². The van der Waals surface area contributed by atoms with Crippen molar-refractivity contribution < 1.29 is 35.1 Å². The lowest BCUT2D eigenvalue weighted by Gasteiger charge is -2.29. The molecule has 0 N–H and O–H groups in total. The maximum atomic E-state index is 14.4. The molecule has 0 aliphatic heterocycles. The predicted octanol–water partition coefficient (Wildman–Crippen LogP) is 5.97. The molecule has 0 aliphatic carbocycles. The molecule has 2 aromatic carbocycles. The topological polar surface area (TPSA) is 3.24 Å². The van der Waals surface area contributed by atoms with E-state index in [0.29, 0.717) is 12.1 Å². The fraction of sp³-hybridized carbons (Fsp3) is 0.333. The molecule has 0 saturated heterocycles. The van der Waals surface area contributed by atoms with Crippen LogP contribution in [0, 0.1) is 23.3 Å². The molecule has 2 aromatic rings. The molecule has 1 nitrogen and oxygen atoms in total. The Morgan fingerprint density at radius 1 is 0.704 bits per heavy atom. The Kier molecular flexibility index (Phi) is 5.72. The van der Waals surface area contributed by atoms with Gasteiger partial charge in [0.05, 0.1) is 0 Å². The number of rotatable bonds is 6. The lowest BCUT2D eigenvalue weighted by molar-refractivity contribution is -0.227. The standard InChI is InChI=1S/C18H15F8N/c1-3-27(4-2)16-14(21)12(19)11(13(20)15(16)22)18(25,26)17(23,24)10-8-6-5-7-9-10/h5-9H,3-4H2,1-2H3. The van der Waals surface area contributed by atoms with Crippen molar-refractivity contribution >= 4 is 5.69 Å². The first kappa shape index (κ1) is 21.0. The monoisotopic (exact) mass is 397 g/mol. The summed E-state index contributed by atoms with van der Waals surface area (Å²) in [4.78, 5) is 0.841. The maximum absolute atomic E-state index is 14.4. The van der Waals surface area contributed by atoms with Crippen molar-refractivity contribution in [3.05, 3.63) is 64.7 Å². The summed E-state index contributed by atoms with van der Waals surface area (Å²) in [7, 11) is 0. The highest BCUT2D eigenvalue weighted by molar-refractivity contribution is 5.53. The van der Waals surface area contributed by atoms with Crippen LogP contribution in [0.3, 0.4) is 0 Å². The van der Waals surface area contributed by atoms with Crippen LogP contribution in [0.25, 0.3) is 0 Å². The second-order valence-corrected chi connectivity index (χ2v) is 5.67. The number of hydrogen-bond donors (Lipinski definition) is 0. The molecule has 0 fully saturated rings. The third-order valence-corrected chi connectivity index (χ3v) is 4.16. The van der Waals surface area contributed by atoms with Crippen LogP contribution in [0.1, 0.15) is 25.0 Å². The zero-order chi connectivity index (χ0) is 20.6. The van der Waals surface area contributed by atoms with Crippen LogP contribution in [-0.2, 0) is 11.8 Å². The van der Waals surface area contributed by atoms with Gasteiger partial charge in [0, 0.05) is 18.7 Å². The first-order chi connectivity index (χ1) is 12.5. The maximum Gasteiger partial charge on any atom is 0.345 e. The average Bonchev–Trinajstić information content (AvgIpc) is 2.64. The third-order valence-electron chi connectivity index (χ3n) is 4.16. The molecule has 0 saturated carbocycles. The Morgan fingerprint density at radius 3 is 1.56 bits per heavy atom. The molecular weight excluding hydrogens is 382 g/mol. The molecule has 0 aliphatic rings. The lowest BCUT2D eigenvalue weighted by atomic mass is 9.94. The van der Waals surface area contributed by atoms with Crippen LogP contribution >= 0.6 is 0 Å². The highest BCUT2D eigenvalue weighted by atomic mass is 19.3. The number of nitrogens with zero attached hydrogens (tertiary/aromatic N) is 1. The fourth-order valence-corrected chi connectivity index (χ4v) is 2.70. The van der Waals surface area contributed by atoms with Gasteiger partial charge in [-0.3, -0.25) is 0 Å². The second-order valence-electron chi connectivity index (χ2n) is 5.67. The minimum Gasteiger partial charge on any atom is -0.367 e. The van der Waals surface area contributed by atoms with E-state index in [0.717, 1.165) is 17.0 Å². The van der Waals surface area contributed by atoms with Gasteiger partial charge in [-0.2, -0.15) is 17.6 Å². The molecule has 0 bridgehead atoms. The largest absolute Gasteiger partial charge is 0.367 e. The Labute approximate surface area is 150 Å². The summed E-state index contributed by atoms with van der Waals surface area (Å²) in [5, 5.41) is 0. The molecule has 0 aromatic heterocycles. The van der Waals surface area contributed by atoms with Crippen molar-refractivity contribution in [2.45, 2.75) is 25.7 Å². The van der Waals surface area contributed by atoms with Gasteiger partial charge in [-0.1, -0.05) is 30.3 Å². The zero-order valence-corrected chi connectivity index (χ0v) is 14.3. The van der Waals surface area contributed by atoms with E-state index in [1.54, 1.807) is 0 Å². The Hall–Kier alpha value is -2.32. The Balaban J connectivity index is 2.75. The molecule has 0 unspecified atom stereocenters. The molecule has 0 radical (unpaired) electrons. The van der Waals surface area contributed by atoms with E-state index < -0.39 is 51.9 Å². The number of hydrogen-bond acceptors (Lipinski definition) is 1. The van der Waals surface area contributed by atoms with E-state index in [-0.39, 0.29) is 13.1 Å². The van der Waals surface area contributed by atoms with Gasteiger partial charge in [0.1, 0.15) is 11.3 Å². The molecule has 148 valence electrons. The van der Waals surface area contributed by atoms with E-state index in [4.69, 9.17) is 0 Å². The van der Waals surface area contributed by atoms with E-state index >= 15 is 0 Å². The number of anilines is 1. The third kappa shape index (κ3) is 3.23. The number of halogens is 8. The molecular formula is C18H15F8N. The first-order valence-electron chi connectivity index (χ1n) is 7.94. The summed E-state index contributed by atoms with van der Waals surface area (Å²) in [5.74, 6) is -20.1. The number of benzene rings is 2. The SMILES string of the molecule is CCN(CC)c1c(F)c(F)c(C(F)(F)C(F)(F)c2ccccc2)c(F)c1F. The lowest BCUT2D eigenvalue weighted by Crippen LogP contribution is -2.38. The number of alkyl halides is 4. The van der Waals surface area contributed by atoms with Crippen molar-refractivity contribution in [1.29, 1.82) is 0 Å².